The van der Waals surface area contributed by atoms with Gasteiger partial charge in [-0.05, 0) is 48.2 Å². The minimum absolute atomic E-state index is 0.252. The van der Waals surface area contributed by atoms with Crippen LogP contribution >= 0.6 is 11.3 Å². The first-order valence-electron chi connectivity index (χ1n) is 8.75. The third-order valence-corrected chi connectivity index (χ3v) is 6.11. The van der Waals surface area contributed by atoms with Gasteiger partial charge in [0, 0.05) is 39.3 Å². The lowest BCUT2D eigenvalue weighted by atomic mass is 9.82. The van der Waals surface area contributed by atoms with E-state index in [9.17, 15) is 4.79 Å². The first kappa shape index (κ1) is 16.9. The van der Waals surface area contributed by atoms with Crippen LogP contribution in [-0.2, 0) is 11.3 Å². The zero-order valence-electron chi connectivity index (χ0n) is 14.6. The molecule has 0 saturated carbocycles. The topological polar surface area (TPSA) is 26.8 Å². The molecule has 0 unspecified atom stereocenters. The third-order valence-electron chi connectivity index (χ3n) is 5.38. The van der Waals surface area contributed by atoms with Gasteiger partial charge in [0.15, 0.2) is 0 Å². The third kappa shape index (κ3) is 3.47. The Morgan fingerprint density at radius 2 is 1.96 bits per heavy atom. The fourth-order valence-corrected chi connectivity index (χ4v) is 4.64. The van der Waals surface area contributed by atoms with Crippen LogP contribution in [-0.4, -0.2) is 65.9 Å². The van der Waals surface area contributed by atoms with Crippen LogP contribution in [0.15, 0.2) is 16.8 Å². The van der Waals surface area contributed by atoms with Gasteiger partial charge in [0.2, 0.25) is 5.91 Å². The van der Waals surface area contributed by atoms with E-state index in [4.69, 9.17) is 0 Å². The van der Waals surface area contributed by atoms with Gasteiger partial charge in [-0.25, -0.2) is 0 Å². The van der Waals surface area contributed by atoms with Crippen molar-refractivity contribution >= 4 is 17.2 Å². The summed E-state index contributed by atoms with van der Waals surface area (Å²) in [6.45, 7) is 10.2. The number of likely N-dealkylation sites (N-methyl/N-ethyl adjacent to an activating group) is 1. The number of amides is 1. The van der Waals surface area contributed by atoms with Gasteiger partial charge < -0.3 is 4.90 Å². The Balaban J connectivity index is 1.65. The molecule has 1 amide bonds. The Kier molecular flexibility index (Phi) is 5.09. The van der Waals surface area contributed by atoms with Gasteiger partial charge in [-0.15, -0.1) is 0 Å². The van der Waals surface area contributed by atoms with E-state index in [0.717, 1.165) is 52.1 Å². The summed E-state index contributed by atoms with van der Waals surface area (Å²) in [6, 6.07) is 2.21. The molecule has 2 aliphatic rings. The predicted octanol–water partition coefficient (Wildman–Crippen LogP) is 2.51. The Bertz CT molecular complexity index is 520. The van der Waals surface area contributed by atoms with Crippen LogP contribution in [0.1, 0.15) is 32.3 Å². The van der Waals surface area contributed by atoms with Crippen molar-refractivity contribution in [3.63, 3.8) is 0 Å². The van der Waals surface area contributed by atoms with Gasteiger partial charge in [0.05, 0.1) is 0 Å². The van der Waals surface area contributed by atoms with Crippen LogP contribution in [0.25, 0.3) is 0 Å². The number of likely N-dealkylation sites (tertiary alicyclic amines) is 1. The Labute approximate surface area is 144 Å². The molecule has 0 aromatic carbocycles. The van der Waals surface area contributed by atoms with E-state index in [1.807, 2.05) is 0 Å². The maximum atomic E-state index is 13.1. The van der Waals surface area contributed by atoms with Gasteiger partial charge in [0.1, 0.15) is 5.54 Å². The average molecular weight is 336 g/mol. The van der Waals surface area contributed by atoms with Crippen molar-refractivity contribution < 1.29 is 4.79 Å². The normalized spacial score (nSPS) is 23.1. The molecular weight excluding hydrogens is 306 g/mol. The molecule has 3 heterocycles. The van der Waals surface area contributed by atoms with Crippen molar-refractivity contribution in [3.05, 3.63) is 22.4 Å². The molecule has 1 aromatic heterocycles. The summed E-state index contributed by atoms with van der Waals surface area (Å²) in [5.74, 6) is 0.910. The number of carbonyl (C=O) groups is 1. The van der Waals surface area contributed by atoms with E-state index in [1.54, 1.807) is 11.3 Å². The fraction of sp³-hybridized carbons (Fsp3) is 0.722. The molecule has 23 heavy (non-hydrogen) atoms. The number of hydrogen-bond acceptors (Lipinski definition) is 4. The van der Waals surface area contributed by atoms with E-state index < -0.39 is 0 Å². The van der Waals surface area contributed by atoms with Gasteiger partial charge in [-0.3, -0.25) is 14.6 Å². The van der Waals surface area contributed by atoms with Crippen molar-refractivity contribution in [3.8, 4) is 0 Å². The Morgan fingerprint density at radius 1 is 1.22 bits per heavy atom. The quantitative estimate of drug-likeness (QED) is 0.846. The van der Waals surface area contributed by atoms with Gasteiger partial charge in [-0.2, -0.15) is 11.3 Å². The Hall–Kier alpha value is -0.910. The molecular formula is C18H29N3OS. The second kappa shape index (κ2) is 6.91. The van der Waals surface area contributed by atoms with Crippen molar-refractivity contribution in [2.45, 2.75) is 38.8 Å². The highest BCUT2D eigenvalue weighted by Crippen LogP contribution is 2.33. The number of thiophene rings is 1. The maximum absolute atomic E-state index is 13.1. The van der Waals surface area contributed by atoms with Crippen LogP contribution in [0.4, 0.5) is 0 Å². The number of carbonyl (C=O) groups excluding carboxylic acids is 1. The summed E-state index contributed by atoms with van der Waals surface area (Å²) >= 11 is 1.76. The van der Waals surface area contributed by atoms with Crippen molar-refractivity contribution in [2.75, 3.05) is 39.8 Å². The van der Waals surface area contributed by atoms with Gasteiger partial charge in [-0.1, -0.05) is 13.8 Å². The molecule has 5 heteroatoms. The van der Waals surface area contributed by atoms with Crippen LogP contribution < -0.4 is 0 Å². The first-order chi connectivity index (χ1) is 11.0. The number of piperazine rings is 1. The van der Waals surface area contributed by atoms with E-state index in [2.05, 4.69) is 52.4 Å². The lowest BCUT2D eigenvalue weighted by Gasteiger charge is -2.52. The molecule has 1 spiro atoms. The molecule has 1 aromatic rings. The molecule has 2 saturated heterocycles. The molecule has 4 nitrogen and oxygen atoms in total. The molecule has 0 bridgehead atoms. The minimum Gasteiger partial charge on any atom is -0.340 e. The second-order valence-corrected chi connectivity index (χ2v) is 8.29. The average Bonchev–Trinajstić information content (AvgIpc) is 3.03. The summed E-state index contributed by atoms with van der Waals surface area (Å²) < 4.78 is 0. The largest absolute Gasteiger partial charge is 0.340 e. The van der Waals surface area contributed by atoms with Gasteiger partial charge in [0.25, 0.3) is 0 Å². The SMILES string of the molecule is CC(C)CN1CCN(C)C2(CCN(Cc3ccsc3)CC2)C1=O. The second-order valence-electron chi connectivity index (χ2n) is 7.51. The van der Waals surface area contributed by atoms with Crippen LogP contribution in [0, 0.1) is 5.92 Å². The van der Waals surface area contributed by atoms with Crippen molar-refractivity contribution in [1.29, 1.82) is 0 Å². The predicted molar refractivity (Wildman–Crippen MR) is 95.6 cm³/mol. The van der Waals surface area contributed by atoms with Crippen molar-refractivity contribution in [2.24, 2.45) is 5.92 Å². The van der Waals surface area contributed by atoms with E-state index in [0.29, 0.717) is 11.8 Å². The number of rotatable bonds is 4. The minimum atomic E-state index is -0.252. The van der Waals surface area contributed by atoms with Crippen LogP contribution in [0.3, 0.4) is 0 Å². The van der Waals surface area contributed by atoms with E-state index >= 15 is 0 Å². The summed E-state index contributed by atoms with van der Waals surface area (Å²) in [5, 5.41) is 4.37. The summed E-state index contributed by atoms with van der Waals surface area (Å²) in [7, 11) is 2.14. The van der Waals surface area contributed by atoms with Gasteiger partial charge >= 0.3 is 0 Å². The van der Waals surface area contributed by atoms with Crippen LogP contribution in [0.2, 0.25) is 0 Å². The molecule has 2 fully saturated rings. The number of hydrogen-bond donors (Lipinski definition) is 0. The highest BCUT2D eigenvalue weighted by atomic mass is 32.1. The monoisotopic (exact) mass is 335 g/mol. The number of nitrogens with zero attached hydrogens (tertiary/aromatic N) is 3. The highest BCUT2D eigenvalue weighted by molar-refractivity contribution is 7.07. The lowest BCUT2D eigenvalue weighted by Crippen LogP contribution is -2.67. The van der Waals surface area contributed by atoms with E-state index in [1.165, 1.54) is 5.56 Å². The zero-order chi connectivity index (χ0) is 16.4. The summed E-state index contributed by atoms with van der Waals surface area (Å²) in [4.78, 5) is 20.1. The molecule has 0 atom stereocenters. The molecule has 3 rings (SSSR count). The van der Waals surface area contributed by atoms with Crippen LogP contribution in [0.5, 0.6) is 0 Å². The molecule has 0 radical (unpaired) electrons. The van der Waals surface area contributed by atoms with E-state index in [-0.39, 0.29) is 5.54 Å². The fourth-order valence-electron chi connectivity index (χ4n) is 3.98. The maximum Gasteiger partial charge on any atom is 0.243 e. The standard InChI is InChI=1S/C18H29N3OS/c1-15(2)12-21-10-9-19(3)18(17(21)22)5-7-20(8-6-18)13-16-4-11-23-14-16/h4,11,14-15H,5-10,12-13H2,1-3H3. The van der Waals surface area contributed by atoms with Crippen molar-refractivity contribution in [1.82, 2.24) is 14.7 Å². The lowest BCUT2D eigenvalue weighted by molar-refractivity contribution is -0.155. The first-order valence-corrected chi connectivity index (χ1v) is 9.69. The zero-order valence-corrected chi connectivity index (χ0v) is 15.4. The Morgan fingerprint density at radius 3 is 2.57 bits per heavy atom. The molecule has 0 N–H and O–H groups in total. The summed E-state index contributed by atoms with van der Waals surface area (Å²) in [6.07, 6.45) is 1.92. The highest BCUT2D eigenvalue weighted by Gasteiger charge is 2.49. The smallest absolute Gasteiger partial charge is 0.243 e. The molecule has 0 aliphatic carbocycles. The number of piperidine rings is 1. The molecule has 2 aliphatic heterocycles. The summed E-state index contributed by atoms with van der Waals surface area (Å²) in [5.41, 5.74) is 1.15. The molecule has 128 valence electrons.